The maximum Gasteiger partial charge on any atom is 0.0418 e. The second kappa shape index (κ2) is 6.61. The van der Waals surface area contributed by atoms with Crippen LogP contribution in [-0.4, -0.2) is 0 Å². The van der Waals surface area contributed by atoms with Gasteiger partial charge in [0.15, 0.2) is 0 Å². The fourth-order valence-corrected chi connectivity index (χ4v) is 1.66. The van der Waals surface area contributed by atoms with Crippen molar-refractivity contribution in [3.63, 3.8) is 0 Å². The molecule has 0 aromatic heterocycles. The first-order chi connectivity index (χ1) is 7.63. The summed E-state index contributed by atoms with van der Waals surface area (Å²) in [6.07, 6.45) is 3.13. The van der Waals surface area contributed by atoms with Crippen LogP contribution in [0.15, 0.2) is 18.2 Å². The zero-order chi connectivity index (χ0) is 12.0. The first-order valence-electron chi connectivity index (χ1n) is 5.90. The van der Waals surface area contributed by atoms with E-state index in [9.17, 15) is 0 Å². The fourth-order valence-electron chi connectivity index (χ4n) is 1.49. The summed E-state index contributed by atoms with van der Waals surface area (Å²) in [6.45, 7) is 6.58. The highest BCUT2D eigenvalue weighted by atomic mass is 35.5. The fraction of sp³-hybridized carbons (Fsp3) is 0.467. The molecular formula is C15H19Cl. The van der Waals surface area contributed by atoms with Gasteiger partial charge in [0.2, 0.25) is 0 Å². The largest absolute Gasteiger partial charge is 0.0979 e. The van der Waals surface area contributed by atoms with Crippen molar-refractivity contribution in [2.24, 2.45) is 5.92 Å². The zero-order valence-corrected chi connectivity index (χ0v) is 11.1. The van der Waals surface area contributed by atoms with E-state index in [0.717, 1.165) is 35.8 Å². The molecule has 0 aliphatic carbocycles. The molecule has 0 bridgehead atoms. The zero-order valence-electron chi connectivity index (χ0n) is 10.3. The molecular weight excluding hydrogens is 216 g/mol. The lowest BCUT2D eigenvalue weighted by atomic mass is 10.0. The normalized spacial score (nSPS) is 10.1. The Labute approximate surface area is 104 Å². The van der Waals surface area contributed by atoms with E-state index in [4.69, 9.17) is 11.6 Å². The Morgan fingerprint density at radius 3 is 2.69 bits per heavy atom. The summed E-state index contributed by atoms with van der Waals surface area (Å²) in [7, 11) is 0. The molecule has 0 heterocycles. The molecule has 0 aliphatic heterocycles. The molecule has 0 amide bonds. The van der Waals surface area contributed by atoms with Gasteiger partial charge >= 0.3 is 0 Å². The molecule has 0 N–H and O–H groups in total. The number of aryl methyl sites for hydroxylation is 1. The van der Waals surface area contributed by atoms with Gasteiger partial charge in [0.25, 0.3) is 0 Å². The smallest absolute Gasteiger partial charge is 0.0418 e. The van der Waals surface area contributed by atoms with Crippen molar-refractivity contribution in [2.45, 2.75) is 40.0 Å². The Hall–Kier alpha value is -0.930. The summed E-state index contributed by atoms with van der Waals surface area (Å²) < 4.78 is 0. The molecule has 0 unspecified atom stereocenters. The van der Waals surface area contributed by atoms with Crippen LogP contribution in [0.3, 0.4) is 0 Å². The van der Waals surface area contributed by atoms with Crippen molar-refractivity contribution in [1.82, 2.24) is 0 Å². The van der Waals surface area contributed by atoms with Crippen molar-refractivity contribution in [2.75, 3.05) is 0 Å². The van der Waals surface area contributed by atoms with Crippen LogP contribution in [0.4, 0.5) is 0 Å². The van der Waals surface area contributed by atoms with E-state index in [-0.39, 0.29) is 0 Å². The van der Waals surface area contributed by atoms with Crippen molar-refractivity contribution in [1.29, 1.82) is 0 Å². The number of benzene rings is 1. The van der Waals surface area contributed by atoms with E-state index in [1.807, 2.05) is 12.1 Å². The van der Waals surface area contributed by atoms with Gasteiger partial charge in [-0.1, -0.05) is 50.3 Å². The summed E-state index contributed by atoms with van der Waals surface area (Å²) in [5.41, 5.74) is 2.36. The monoisotopic (exact) mass is 234 g/mol. The molecule has 0 radical (unpaired) electrons. The van der Waals surface area contributed by atoms with Gasteiger partial charge in [0.1, 0.15) is 0 Å². The molecule has 0 atom stereocenters. The van der Waals surface area contributed by atoms with E-state index < -0.39 is 0 Å². The van der Waals surface area contributed by atoms with Crippen LogP contribution in [0.25, 0.3) is 0 Å². The third-order valence-electron chi connectivity index (χ3n) is 2.52. The van der Waals surface area contributed by atoms with Gasteiger partial charge in [-0.2, -0.15) is 0 Å². The molecule has 1 rings (SSSR count). The maximum atomic E-state index is 5.97. The SMILES string of the molecule is CCc1ccc(Cl)cc1C#CCCC(C)C. The standard InChI is InChI=1S/C15H19Cl/c1-4-13-9-10-15(16)11-14(13)8-6-5-7-12(2)3/h9-12H,4-5,7H2,1-3H3. The van der Waals surface area contributed by atoms with Crippen LogP contribution in [0.2, 0.25) is 5.02 Å². The second-order valence-corrected chi connectivity index (χ2v) is 4.83. The first kappa shape index (κ1) is 13.1. The van der Waals surface area contributed by atoms with Crippen LogP contribution in [0.5, 0.6) is 0 Å². The highest BCUT2D eigenvalue weighted by Crippen LogP contribution is 2.15. The van der Waals surface area contributed by atoms with Gasteiger partial charge in [0, 0.05) is 17.0 Å². The van der Waals surface area contributed by atoms with Crippen LogP contribution in [0.1, 0.15) is 44.7 Å². The molecule has 16 heavy (non-hydrogen) atoms. The van der Waals surface area contributed by atoms with Crippen molar-refractivity contribution in [3.8, 4) is 11.8 Å². The van der Waals surface area contributed by atoms with E-state index in [1.54, 1.807) is 0 Å². The third-order valence-corrected chi connectivity index (χ3v) is 2.76. The maximum absolute atomic E-state index is 5.97. The van der Waals surface area contributed by atoms with Crippen molar-refractivity contribution >= 4 is 11.6 Å². The van der Waals surface area contributed by atoms with Crippen LogP contribution in [0, 0.1) is 17.8 Å². The van der Waals surface area contributed by atoms with Gasteiger partial charge in [-0.05, 0) is 36.5 Å². The Balaban J connectivity index is 2.74. The minimum absolute atomic E-state index is 0.722. The predicted octanol–water partition coefficient (Wildman–Crippen LogP) is 4.69. The van der Waals surface area contributed by atoms with Gasteiger partial charge in [-0.15, -0.1) is 0 Å². The molecule has 1 heteroatoms. The van der Waals surface area contributed by atoms with Crippen molar-refractivity contribution < 1.29 is 0 Å². The number of halogens is 1. The highest BCUT2D eigenvalue weighted by molar-refractivity contribution is 6.30. The van der Waals surface area contributed by atoms with E-state index in [0.29, 0.717) is 0 Å². The minimum atomic E-state index is 0.722. The van der Waals surface area contributed by atoms with Crippen LogP contribution >= 0.6 is 11.6 Å². The summed E-state index contributed by atoms with van der Waals surface area (Å²) in [5, 5.41) is 0.769. The van der Waals surface area contributed by atoms with E-state index in [2.05, 4.69) is 38.7 Å². The number of rotatable bonds is 3. The summed E-state index contributed by atoms with van der Waals surface area (Å²) in [4.78, 5) is 0. The lowest BCUT2D eigenvalue weighted by molar-refractivity contribution is 0.600. The van der Waals surface area contributed by atoms with Crippen LogP contribution < -0.4 is 0 Å². The number of hydrogen-bond donors (Lipinski definition) is 0. The number of hydrogen-bond acceptors (Lipinski definition) is 0. The summed E-state index contributed by atoms with van der Waals surface area (Å²) in [6, 6.07) is 5.96. The Kier molecular flexibility index (Phi) is 5.43. The van der Waals surface area contributed by atoms with Gasteiger partial charge < -0.3 is 0 Å². The van der Waals surface area contributed by atoms with Gasteiger partial charge in [-0.25, -0.2) is 0 Å². The Morgan fingerprint density at radius 2 is 2.06 bits per heavy atom. The third kappa shape index (κ3) is 4.29. The van der Waals surface area contributed by atoms with Crippen molar-refractivity contribution in [3.05, 3.63) is 34.3 Å². The molecule has 1 aromatic carbocycles. The first-order valence-corrected chi connectivity index (χ1v) is 6.28. The lowest BCUT2D eigenvalue weighted by Gasteiger charge is -2.01. The predicted molar refractivity (Wildman–Crippen MR) is 71.8 cm³/mol. The highest BCUT2D eigenvalue weighted by Gasteiger charge is 1.98. The van der Waals surface area contributed by atoms with Gasteiger partial charge in [-0.3, -0.25) is 0 Å². The Morgan fingerprint density at radius 1 is 1.31 bits per heavy atom. The quantitative estimate of drug-likeness (QED) is 0.666. The molecule has 0 spiro atoms. The molecule has 86 valence electrons. The lowest BCUT2D eigenvalue weighted by Crippen LogP contribution is -1.88. The topological polar surface area (TPSA) is 0 Å². The molecule has 0 saturated heterocycles. The molecule has 1 aromatic rings. The minimum Gasteiger partial charge on any atom is -0.0979 e. The second-order valence-electron chi connectivity index (χ2n) is 4.39. The summed E-state index contributed by atoms with van der Waals surface area (Å²) >= 11 is 5.97. The van der Waals surface area contributed by atoms with Crippen LogP contribution in [-0.2, 0) is 6.42 Å². The molecule has 0 fully saturated rings. The average Bonchev–Trinajstić information content (AvgIpc) is 2.24. The average molecular weight is 235 g/mol. The van der Waals surface area contributed by atoms with E-state index >= 15 is 0 Å². The van der Waals surface area contributed by atoms with E-state index in [1.165, 1.54) is 5.56 Å². The van der Waals surface area contributed by atoms with Gasteiger partial charge in [0.05, 0.1) is 0 Å². The summed E-state index contributed by atoms with van der Waals surface area (Å²) in [5.74, 6) is 7.17. The molecule has 0 saturated carbocycles. The molecule has 0 aliphatic rings. The Bertz CT molecular complexity index is 394. The molecule has 0 nitrogen and oxygen atoms in total.